The quantitative estimate of drug-likeness (QED) is 0.599. The second kappa shape index (κ2) is 5.18. The van der Waals surface area contributed by atoms with Crippen LogP contribution in [0.3, 0.4) is 0 Å². The first-order valence-corrected chi connectivity index (χ1v) is 5.57. The maximum Gasteiger partial charge on any atom is 0.273 e. The fourth-order valence-corrected chi connectivity index (χ4v) is 1.41. The van der Waals surface area contributed by atoms with Crippen molar-refractivity contribution in [1.29, 1.82) is 0 Å². The van der Waals surface area contributed by atoms with Crippen molar-refractivity contribution in [3.05, 3.63) is 11.4 Å². The molecular formula is C11H20N4O2. The first-order chi connectivity index (χ1) is 7.87. The summed E-state index contributed by atoms with van der Waals surface area (Å²) in [6.45, 7) is 6.28. The van der Waals surface area contributed by atoms with Gasteiger partial charge in [0.15, 0.2) is 5.69 Å². The predicted octanol–water partition coefficient (Wildman–Crippen LogP) is 0.439. The minimum Gasteiger partial charge on any atom is -0.396 e. The van der Waals surface area contributed by atoms with Gasteiger partial charge in [0, 0.05) is 13.2 Å². The maximum atomic E-state index is 11.8. The molecule has 0 bridgehead atoms. The summed E-state index contributed by atoms with van der Waals surface area (Å²) in [5.41, 5.74) is 6.85. The number of nitrogen functional groups attached to an aromatic ring is 1. The fraction of sp³-hybridized carbons (Fsp3) is 0.636. The number of aromatic nitrogens is 2. The molecule has 0 aromatic carbocycles. The van der Waals surface area contributed by atoms with Crippen molar-refractivity contribution in [2.75, 3.05) is 18.9 Å². The zero-order valence-corrected chi connectivity index (χ0v) is 10.5. The highest BCUT2D eigenvalue weighted by atomic mass is 16.3. The van der Waals surface area contributed by atoms with Gasteiger partial charge >= 0.3 is 0 Å². The Hall–Kier alpha value is -1.56. The molecule has 6 heteroatoms. The van der Waals surface area contributed by atoms with E-state index in [1.54, 1.807) is 6.92 Å². The number of aliphatic hydroxyl groups is 1. The lowest BCUT2D eigenvalue weighted by Gasteiger charge is -2.23. The number of amides is 1. The van der Waals surface area contributed by atoms with Crippen LogP contribution in [0.25, 0.3) is 0 Å². The van der Waals surface area contributed by atoms with E-state index in [9.17, 15) is 4.79 Å². The molecule has 0 radical (unpaired) electrons. The molecule has 0 spiro atoms. The van der Waals surface area contributed by atoms with Gasteiger partial charge in [-0.25, -0.2) is 0 Å². The Balaban J connectivity index is 2.59. The van der Waals surface area contributed by atoms with Gasteiger partial charge < -0.3 is 16.2 Å². The molecule has 0 aliphatic rings. The van der Waals surface area contributed by atoms with Crippen molar-refractivity contribution in [1.82, 2.24) is 15.5 Å². The molecule has 0 aliphatic heterocycles. The number of hydrogen-bond acceptors (Lipinski definition) is 4. The number of aliphatic hydroxyl groups excluding tert-OH is 1. The monoisotopic (exact) mass is 240 g/mol. The second-order valence-corrected chi connectivity index (χ2v) is 4.93. The molecule has 0 fully saturated rings. The molecule has 96 valence electrons. The number of nitrogens with one attached hydrogen (secondary N) is 2. The third-order valence-corrected chi connectivity index (χ3v) is 2.73. The molecule has 0 aliphatic carbocycles. The number of anilines is 1. The number of nitrogens with zero attached hydrogens (tertiary/aromatic N) is 1. The molecular weight excluding hydrogens is 220 g/mol. The first-order valence-electron chi connectivity index (χ1n) is 5.57. The Labute approximate surface area is 101 Å². The van der Waals surface area contributed by atoms with Gasteiger partial charge in [-0.3, -0.25) is 9.89 Å². The normalized spacial score (nSPS) is 11.5. The van der Waals surface area contributed by atoms with Crippen molar-refractivity contribution in [2.45, 2.75) is 27.2 Å². The van der Waals surface area contributed by atoms with Crippen molar-refractivity contribution < 1.29 is 9.90 Å². The third kappa shape index (κ3) is 3.45. The third-order valence-electron chi connectivity index (χ3n) is 2.73. The molecule has 0 unspecified atom stereocenters. The van der Waals surface area contributed by atoms with Crippen molar-refractivity contribution in [2.24, 2.45) is 5.41 Å². The van der Waals surface area contributed by atoms with Gasteiger partial charge in [-0.2, -0.15) is 5.10 Å². The van der Waals surface area contributed by atoms with E-state index in [0.717, 1.165) is 0 Å². The SMILES string of the molecule is Cc1[nH]nc(C(=O)NCC(C)(C)CCO)c1N. The first kappa shape index (κ1) is 13.5. The highest BCUT2D eigenvalue weighted by molar-refractivity contribution is 5.97. The molecule has 1 amide bonds. The Morgan fingerprint density at radius 1 is 1.59 bits per heavy atom. The van der Waals surface area contributed by atoms with Gasteiger partial charge in [-0.15, -0.1) is 0 Å². The summed E-state index contributed by atoms with van der Waals surface area (Å²) >= 11 is 0. The van der Waals surface area contributed by atoms with E-state index < -0.39 is 0 Å². The van der Waals surface area contributed by atoms with E-state index in [1.807, 2.05) is 13.8 Å². The Kier molecular flexibility index (Phi) is 4.11. The van der Waals surface area contributed by atoms with Crippen LogP contribution in [0.5, 0.6) is 0 Å². The number of carbonyl (C=O) groups excluding carboxylic acids is 1. The number of rotatable bonds is 5. The molecule has 1 heterocycles. The number of nitrogens with two attached hydrogens (primary N) is 1. The van der Waals surface area contributed by atoms with Gasteiger partial charge in [0.05, 0.1) is 11.4 Å². The Morgan fingerprint density at radius 3 is 2.71 bits per heavy atom. The average Bonchev–Trinajstić information content (AvgIpc) is 2.57. The van der Waals surface area contributed by atoms with E-state index in [1.165, 1.54) is 0 Å². The van der Waals surface area contributed by atoms with Crippen LogP contribution in [0.2, 0.25) is 0 Å². The lowest BCUT2D eigenvalue weighted by atomic mass is 9.90. The molecule has 0 saturated heterocycles. The summed E-state index contributed by atoms with van der Waals surface area (Å²) in [7, 11) is 0. The smallest absolute Gasteiger partial charge is 0.273 e. The van der Waals surface area contributed by atoms with Crippen LogP contribution in [-0.4, -0.2) is 34.4 Å². The molecule has 1 aromatic rings. The van der Waals surface area contributed by atoms with Crippen molar-refractivity contribution in [3.63, 3.8) is 0 Å². The molecule has 1 rings (SSSR count). The van der Waals surface area contributed by atoms with Gasteiger partial charge in [0.2, 0.25) is 0 Å². The largest absolute Gasteiger partial charge is 0.396 e. The molecule has 5 N–H and O–H groups in total. The van der Waals surface area contributed by atoms with Crippen LogP contribution < -0.4 is 11.1 Å². The summed E-state index contributed by atoms with van der Waals surface area (Å²) in [6.07, 6.45) is 0.627. The number of aryl methyl sites for hydroxylation is 1. The molecule has 6 nitrogen and oxygen atoms in total. The molecule has 0 atom stereocenters. The summed E-state index contributed by atoms with van der Waals surface area (Å²) in [6, 6.07) is 0. The zero-order chi connectivity index (χ0) is 13.1. The van der Waals surface area contributed by atoms with E-state index in [0.29, 0.717) is 24.3 Å². The standard InChI is InChI=1S/C11H20N4O2/c1-7-8(12)9(15-14-7)10(17)13-6-11(2,3)4-5-16/h16H,4-6,12H2,1-3H3,(H,13,17)(H,14,15). The van der Waals surface area contributed by atoms with Gasteiger partial charge in [0.1, 0.15) is 0 Å². The van der Waals surface area contributed by atoms with Crippen LogP contribution >= 0.6 is 0 Å². The highest BCUT2D eigenvalue weighted by Crippen LogP contribution is 2.19. The molecule has 1 aromatic heterocycles. The lowest BCUT2D eigenvalue weighted by Crippen LogP contribution is -2.35. The van der Waals surface area contributed by atoms with Crippen LogP contribution in [0.1, 0.15) is 36.5 Å². The van der Waals surface area contributed by atoms with Crippen molar-refractivity contribution >= 4 is 11.6 Å². The average molecular weight is 240 g/mol. The highest BCUT2D eigenvalue weighted by Gasteiger charge is 2.21. The van der Waals surface area contributed by atoms with Crippen molar-refractivity contribution in [3.8, 4) is 0 Å². The Bertz CT molecular complexity index is 398. The van der Waals surface area contributed by atoms with E-state index in [4.69, 9.17) is 10.8 Å². The molecule has 17 heavy (non-hydrogen) atoms. The van der Waals surface area contributed by atoms with E-state index in [-0.39, 0.29) is 23.6 Å². The van der Waals surface area contributed by atoms with Crippen LogP contribution in [0.15, 0.2) is 0 Å². The number of carbonyl (C=O) groups is 1. The van der Waals surface area contributed by atoms with Gasteiger partial charge in [-0.05, 0) is 18.8 Å². The minimum atomic E-state index is -0.294. The van der Waals surface area contributed by atoms with E-state index in [2.05, 4.69) is 15.5 Å². The van der Waals surface area contributed by atoms with Crippen LogP contribution in [-0.2, 0) is 0 Å². The molecule has 0 saturated carbocycles. The topological polar surface area (TPSA) is 104 Å². The van der Waals surface area contributed by atoms with E-state index >= 15 is 0 Å². The second-order valence-electron chi connectivity index (χ2n) is 4.93. The van der Waals surface area contributed by atoms with Crippen LogP contribution in [0.4, 0.5) is 5.69 Å². The summed E-state index contributed by atoms with van der Waals surface area (Å²) in [4.78, 5) is 11.8. The van der Waals surface area contributed by atoms with Crippen LogP contribution in [0, 0.1) is 12.3 Å². The summed E-state index contributed by atoms with van der Waals surface area (Å²) < 4.78 is 0. The summed E-state index contributed by atoms with van der Waals surface area (Å²) in [5.74, 6) is -0.294. The fourth-order valence-electron chi connectivity index (χ4n) is 1.41. The Morgan fingerprint density at radius 2 is 2.24 bits per heavy atom. The number of aromatic amines is 1. The summed E-state index contributed by atoms with van der Waals surface area (Å²) in [5, 5.41) is 18.2. The lowest BCUT2D eigenvalue weighted by molar-refractivity contribution is 0.0924. The van der Waals surface area contributed by atoms with Gasteiger partial charge in [0.25, 0.3) is 5.91 Å². The predicted molar refractivity (Wildman–Crippen MR) is 65.6 cm³/mol. The maximum absolute atomic E-state index is 11.8. The van der Waals surface area contributed by atoms with Gasteiger partial charge in [-0.1, -0.05) is 13.8 Å². The number of hydrogen-bond donors (Lipinski definition) is 4. The number of H-pyrrole nitrogens is 1. The zero-order valence-electron chi connectivity index (χ0n) is 10.5. The minimum absolute atomic E-state index is 0.104.